The molecule has 0 radical (unpaired) electrons. The molecule has 0 atom stereocenters. The number of halogens is 2. The summed E-state index contributed by atoms with van der Waals surface area (Å²) in [4.78, 5) is 68.3. The van der Waals surface area contributed by atoms with E-state index in [1.165, 1.54) is 16.0 Å². The predicted molar refractivity (Wildman–Crippen MR) is 263 cm³/mol. The van der Waals surface area contributed by atoms with E-state index in [0.29, 0.717) is 37.3 Å². The molecule has 2 aliphatic rings. The van der Waals surface area contributed by atoms with Gasteiger partial charge in [0.1, 0.15) is 19.8 Å². The summed E-state index contributed by atoms with van der Waals surface area (Å²) in [6.07, 6.45) is 0. The molecule has 6 heterocycles. The Kier molecular flexibility index (Phi) is 18.1. The highest BCUT2D eigenvalue weighted by molar-refractivity contribution is 5.90. The van der Waals surface area contributed by atoms with Gasteiger partial charge in [-0.1, -0.05) is 56.0 Å². The van der Waals surface area contributed by atoms with Crippen LogP contribution >= 0.6 is 12.4 Å². The number of aromatic amines is 4. The number of amides is 2. The highest BCUT2D eigenvalue weighted by Gasteiger charge is 2.24. The lowest BCUT2D eigenvalue weighted by molar-refractivity contribution is -0.917. The molecule has 2 saturated heterocycles. The summed E-state index contributed by atoms with van der Waals surface area (Å²) in [5, 5.41) is 29.2. The van der Waals surface area contributed by atoms with Crippen molar-refractivity contribution in [3.8, 4) is 22.5 Å². The fourth-order valence-electron chi connectivity index (χ4n) is 8.71. The number of quaternary nitrogens is 1. The highest BCUT2D eigenvalue weighted by Crippen LogP contribution is 2.27. The minimum Gasteiger partial charge on any atom is -1.00 e. The number of nitrogens with one attached hydrogen (secondary N) is 5. The molecule has 4 aromatic heterocycles. The van der Waals surface area contributed by atoms with Gasteiger partial charge in [-0.2, -0.15) is 0 Å². The van der Waals surface area contributed by atoms with Crippen LogP contribution < -0.4 is 28.4 Å². The number of carbonyl (C=O) groups excluding carboxylic acids is 2. The van der Waals surface area contributed by atoms with Crippen LogP contribution in [0.15, 0.2) is 119 Å². The van der Waals surface area contributed by atoms with E-state index in [2.05, 4.69) is 61.2 Å². The first-order chi connectivity index (χ1) is 31.2. The maximum Gasteiger partial charge on any atom is 0.257 e. The third-order valence-corrected chi connectivity index (χ3v) is 12.1. The van der Waals surface area contributed by atoms with Crippen molar-refractivity contribution in [2.75, 3.05) is 72.7 Å². The van der Waals surface area contributed by atoms with Gasteiger partial charge < -0.3 is 62.4 Å². The van der Waals surface area contributed by atoms with E-state index in [1.807, 2.05) is 72.8 Å². The second kappa shape index (κ2) is 23.4. The minimum atomic E-state index is -0.424. The van der Waals surface area contributed by atoms with Crippen LogP contribution in [0.2, 0.25) is 0 Å². The minimum absolute atomic E-state index is 0. The summed E-state index contributed by atoms with van der Waals surface area (Å²) in [7, 11) is 1.00. The van der Waals surface area contributed by atoms with Gasteiger partial charge in [-0.05, 0) is 77.0 Å². The van der Waals surface area contributed by atoms with Crippen molar-refractivity contribution in [3.63, 3.8) is 0 Å². The van der Waals surface area contributed by atoms with Crippen molar-refractivity contribution in [1.29, 1.82) is 0 Å². The molecule has 67 heavy (non-hydrogen) atoms. The number of pyridine rings is 2. The van der Waals surface area contributed by atoms with Crippen LogP contribution in [0.5, 0.6) is 0 Å². The number of piperazine rings is 2. The van der Waals surface area contributed by atoms with Gasteiger partial charge in [-0.3, -0.25) is 24.1 Å². The predicted octanol–water partition coefficient (Wildman–Crippen LogP) is 0.879. The van der Waals surface area contributed by atoms with E-state index in [1.54, 1.807) is 9.80 Å². The SMILES string of the molecule is C.CO.Cl.O=C(CO)N1CCN(Cc2ccc3[nH]c(-c4cc5ccccc5[nH]c4=O)cc3c2)CC1.O=C(CO)N1CC[NH+](Cc2ccc3[nH]c(-c4cc5ccccc5[nH]c4=O)cc3c2)CC1.[Cl-]. The molecule has 2 aliphatic heterocycles. The van der Waals surface area contributed by atoms with Crippen LogP contribution in [0.3, 0.4) is 0 Å². The van der Waals surface area contributed by atoms with Crippen molar-refractivity contribution in [2.24, 2.45) is 0 Å². The van der Waals surface area contributed by atoms with Gasteiger partial charge in [0.25, 0.3) is 11.1 Å². The third-order valence-electron chi connectivity index (χ3n) is 12.1. The van der Waals surface area contributed by atoms with Gasteiger partial charge in [0, 0.05) is 78.2 Å². The lowest BCUT2D eigenvalue weighted by Gasteiger charge is -2.34. The number of aliphatic hydroxyl groups excluding tert-OH is 3. The first kappa shape index (κ1) is 51.7. The van der Waals surface area contributed by atoms with Crippen molar-refractivity contribution in [1.82, 2.24) is 34.6 Å². The topological polar surface area (TPSA) is 206 Å². The maximum absolute atomic E-state index is 12.6. The van der Waals surface area contributed by atoms with Gasteiger partial charge in [0.05, 0.1) is 48.7 Å². The van der Waals surface area contributed by atoms with E-state index in [9.17, 15) is 19.2 Å². The number of nitrogens with zero attached hydrogens (tertiary/aromatic N) is 3. The van der Waals surface area contributed by atoms with Crippen LogP contribution in [0.4, 0.5) is 0 Å². The molecule has 0 spiro atoms. The number of benzene rings is 4. The van der Waals surface area contributed by atoms with E-state index in [0.717, 1.165) is 101 Å². The van der Waals surface area contributed by atoms with E-state index in [-0.39, 0.29) is 55.2 Å². The molecule has 2 fully saturated rings. The van der Waals surface area contributed by atoms with Crippen molar-refractivity contribution in [2.45, 2.75) is 20.5 Å². The molecule has 0 unspecified atom stereocenters. The number of hydrogen-bond acceptors (Lipinski definition) is 8. The molecule has 0 aliphatic carbocycles. The molecule has 0 saturated carbocycles. The number of H-pyrrole nitrogens is 4. The number of fused-ring (bicyclic) bond motifs is 4. The fraction of sp³-hybridized carbons (Fsp3) is 0.280. The molecule has 0 bridgehead atoms. The van der Waals surface area contributed by atoms with Crippen LogP contribution in [-0.2, 0) is 22.7 Å². The number of hydrogen-bond donors (Lipinski definition) is 8. The smallest absolute Gasteiger partial charge is 0.257 e. The summed E-state index contributed by atoms with van der Waals surface area (Å²) in [6.45, 7) is 6.79. The average Bonchev–Trinajstić information content (AvgIpc) is 3.96. The monoisotopic (exact) mass is 952 g/mol. The molecule has 2 amide bonds. The average molecular weight is 954 g/mol. The number of aliphatic hydroxyl groups is 3. The third kappa shape index (κ3) is 11.8. The van der Waals surface area contributed by atoms with Gasteiger partial charge in [0.2, 0.25) is 11.8 Å². The zero-order chi connectivity index (χ0) is 44.7. The van der Waals surface area contributed by atoms with E-state index >= 15 is 0 Å². The Morgan fingerprint density at radius 1 is 0.552 bits per heavy atom. The molecule has 10 rings (SSSR count). The molecular weight excluding hydrogens is 896 g/mol. The number of aromatic nitrogens is 4. The molecule has 354 valence electrons. The first-order valence-corrected chi connectivity index (χ1v) is 21.5. The Balaban J connectivity index is 0.000000232. The fourth-order valence-corrected chi connectivity index (χ4v) is 8.71. The van der Waals surface area contributed by atoms with Crippen LogP contribution in [0.1, 0.15) is 18.6 Å². The Morgan fingerprint density at radius 3 is 1.48 bits per heavy atom. The highest BCUT2D eigenvalue weighted by atomic mass is 35.5. The molecule has 15 nitrogen and oxygen atoms in total. The summed E-state index contributed by atoms with van der Waals surface area (Å²) < 4.78 is 0. The van der Waals surface area contributed by atoms with Crippen molar-refractivity contribution in [3.05, 3.63) is 141 Å². The van der Waals surface area contributed by atoms with Gasteiger partial charge in [-0.25, -0.2) is 0 Å². The normalized spacial score (nSPS) is 14.0. The van der Waals surface area contributed by atoms with Gasteiger partial charge >= 0.3 is 0 Å². The quantitative estimate of drug-likeness (QED) is 0.110. The van der Waals surface area contributed by atoms with Crippen LogP contribution in [0.25, 0.3) is 66.1 Å². The Bertz CT molecular complexity index is 2850. The number of carbonyl (C=O) groups is 2. The van der Waals surface area contributed by atoms with E-state index < -0.39 is 13.2 Å². The second-order valence-corrected chi connectivity index (χ2v) is 16.2. The van der Waals surface area contributed by atoms with Crippen LogP contribution in [0, 0.1) is 0 Å². The maximum atomic E-state index is 12.6. The summed E-state index contributed by atoms with van der Waals surface area (Å²) in [5.41, 5.74) is 8.71. The molecule has 8 aromatic rings. The second-order valence-electron chi connectivity index (χ2n) is 16.2. The lowest BCUT2D eigenvalue weighted by atomic mass is 10.1. The van der Waals surface area contributed by atoms with E-state index in [4.69, 9.17) is 15.3 Å². The van der Waals surface area contributed by atoms with Crippen molar-refractivity contribution < 1.29 is 42.2 Å². The Hall–Kier alpha value is -6.30. The molecular formula is C50H58Cl2N8O7. The van der Waals surface area contributed by atoms with Gasteiger partial charge in [-0.15, -0.1) is 12.4 Å². The number of rotatable bonds is 8. The zero-order valence-corrected chi connectivity index (χ0v) is 38.1. The first-order valence-electron chi connectivity index (χ1n) is 21.5. The summed E-state index contributed by atoms with van der Waals surface area (Å²) in [5.74, 6) is -0.395. The van der Waals surface area contributed by atoms with Gasteiger partial charge in [0.15, 0.2) is 0 Å². The summed E-state index contributed by atoms with van der Waals surface area (Å²) in [6, 6.07) is 36.1. The zero-order valence-electron chi connectivity index (χ0n) is 36.5. The lowest BCUT2D eigenvalue weighted by Crippen LogP contribution is -3.13. The number of para-hydroxylation sites is 2. The summed E-state index contributed by atoms with van der Waals surface area (Å²) >= 11 is 0. The standard InChI is InChI=1S/2C24H24N4O3.CH4O.CH4.2ClH/c2*29-15-23(30)28-9-7-27(8-10-28)14-16-5-6-21-18(11-16)13-22(25-21)19-12-17-3-1-2-4-20(17)26-24(19)31;1-2;;;/h2*1-6,11-13,25,29H,7-10,14-15H2,(H,26,31);2H,1H3;1H4;2*1H. The Labute approximate surface area is 399 Å². The van der Waals surface area contributed by atoms with Crippen molar-refractivity contribution >= 4 is 67.8 Å². The molecule has 17 heteroatoms. The largest absolute Gasteiger partial charge is 1.00 e. The molecule has 8 N–H and O–H groups in total. The Morgan fingerprint density at radius 2 is 0.985 bits per heavy atom. The van der Waals surface area contributed by atoms with Crippen LogP contribution in [-0.4, -0.2) is 134 Å². The molecule has 4 aromatic carbocycles.